The van der Waals surface area contributed by atoms with Gasteiger partial charge >= 0.3 is 18.0 Å². The Labute approximate surface area is 212 Å². The van der Waals surface area contributed by atoms with Gasteiger partial charge < -0.3 is 29.6 Å². The fourth-order valence-electron chi connectivity index (χ4n) is 4.08. The molecule has 2 amide bonds. The van der Waals surface area contributed by atoms with Crippen LogP contribution in [0.3, 0.4) is 0 Å². The molecule has 11 heteroatoms. The molecule has 0 aliphatic carbocycles. The summed E-state index contributed by atoms with van der Waals surface area (Å²) in [5.74, 6) is -1.86. The van der Waals surface area contributed by atoms with Crippen molar-refractivity contribution in [2.45, 2.75) is 103 Å². The van der Waals surface area contributed by atoms with E-state index in [0.29, 0.717) is 31.1 Å². The van der Waals surface area contributed by atoms with E-state index < -0.39 is 41.1 Å². The highest BCUT2D eigenvalue weighted by molar-refractivity contribution is 5.96. The number of carbonyl (C=O) groups excluding carboxylic acids is 3. The second-order valence-electron chi connectivity index (χ2n) is 11.5. The molecule has 0 spiro atoms. The molecule has 2 heterocycles. The lowest BCUT2D eigenvalue weighted by Gasteiger charge is -2.33. The van der Waals surface area contributed by atoms with Gasteiger partial charge in [-0.1, -0.05) is 5.16 Å². The minimum absolute atomic E-state index is 0.0154. The minimum atomic E-state index is -1.74. The van der Waals surface area contributed by atoms with Gasteiger partial charge in [-0.15, -0.1) is 0 Å². The van der Waals surface area contributed by atoms with E-state index in [4.69, 9.17) is 14.3 Å². The molecule has 204 valence electrons. The number of carboxylic acids is 1. The van der Waals surface area contributed by atoms with Gasteiger partial charge in [0.15, 0.2) is 0 Å². The highest BCUT2D eigenvalue weighted by atomic mass is 16.7. The number of amides is 2. The van der Waals surface area contributed by atoms with Crippen LogP contribution in [0.2, 0.25) is 0 Å². The summed E-state index contributed by atoms with van der Waals surface area (Å²) in [5, 5.41) is 16.3. The largest absolute Gasteiger partial charge is 0.478 e. The van der Waals surface area contributed by atoms with Gasteiger partial charge in [0.1, 0.15) is 11.2 Å². The second-order valence-corrected chi connectivity index (χ2v) is 11.5. The van der Waals surface area contributed by atoms with E-state index in [9.17, 15) is 24.3 Å². The number of oxime groups is 1. The van der Waals surface area contributed by atoms with E-state index in [-0.39, 0.29) is 25.5 Å². The molecule has 1 unspecified atom stereocenters. The van der Waals surface area contributed by atoms with Crippen molar-refractivity contribution >= 4 is 29.7 Å². The van der Waals surface area contributed by atoms with Crippen LogP contribution in [0.4, 0.5) is 4.79 Å². The van der Waals surface area contributed by atoms with Crippen molar-refractivity contribution in [2.24, 2.45) is 11.1 Å². The molecule has 0 saturated carbocycles. The van der Waals surface area contributed by atoms with Gasteiger partial charge in [-0.3, -0.25) is 9.59 Å². The zero-order chi connectivity index (χ0) is 27.1. The smallest absolute Gasteiger partial charge is 0.410 e. The van der Waals surface area contributed by atoms with E-state index in [0.717, 1.165) is 19.3 Å². The molecule has 2 N–H and O–H groups in total. The number of hydrogen-bond acceptors (Lipinski definition) is 8. The van der Waals surface area contributed by atoms with Gasteiger partial charge in [0.25, 0.3) is 0 Å². The zero-order valence-electron chi connectivity index (χ0n) is 22.3. The summed E-state index contributed by atoms with van der Waals surface area (Å²) in [7, 11) is 0. The maximum atomic E-state index is 12.4. The third-order valence-electron chi connectivity index (χ3n) is 5.85. The number of esters is 1. The second kappa shape index (κ2) is 11.9. The highest BCUT2D eigenvalue weighted by Gasteiger charge is 2.48. The Kier molecular flexibility index (Phi) is 9.73. The summed E-state index contributed by atoms with van der Waals surface area (Å²) < 4.78 is 10.6. The van der Waals surface area contributed by atoms with Crippen LogP contribution in [0, 0.1) is 5.92 Å². The van der Waals surface area contributed by atoms with Crippen LogP contribution in [0.25, 0.3) is 0 Å². The topological polar surface area (TPSA) is 144 Å². The van der Waals surface area contributed by atoms with Crippen LogP contribution >= 0.6 is 0 Å². The average molecular weight is 512 g/mol. The normalized spacial score (nSPS) is 20.8. The lowest BCUT2D eigenvalue weighted by atomic mass is 9.87. The standard InChI is InChI=1S/C25H41N3O8/c1-23(2,3)34-20(30)9-12-26-19(29)16-25(21(31)32)15-18(27-36-25)8-7-17-10-13-28(14-11-17)22(33)35-24(4,5)6/h17H,7-16H2,1-6H3,(H,26,29)(H,31,32). The summed E-state index contributed by atoms with van der Waals surface area (Å²) in [4.78, 5) is 55.3. The third-order valence-corrected chi connectivity index (χ3v) is 5.85. The lowest BCUT2D eigenvalue weighted by Crippen LogP contribution is -2.44. The summed E-state index contributed by atoms with van der Waals surface area (Å²) in [5.41, 5.74) is -2.28. The molecule has 2 rings (SSSR count). The van der Waals surface area contributed by atoms with Gasteiger partial charge in [-0.05, 0) is 73.1 Å². The van der Waals surface area contributed by atoms with Crippen LogP contribution in [0.1, 0.15) is 86.5 Å². The van der Waals surface area contributed by atoms with Gasteiger partial charge in [-0.2, -0.15) is 0 Å². The van der Waals surface area contributed by atoms with Gasteiger partial charge in [0.05, 0.1) is 18.6 Å². The summed E-state index contributed by atoms with van der Waals surface area (Å²) >= 11 is 0. The molecule has 0 aromatic carbocycles. The number of nitrogens with one attached hydrogen (secondary N) is 1. The molecule has 11 nitrogen and oxygen atoms in total. The first-order chi connectivity index (χ1) is 16.6. The maximum Gasteiger partial charge on any atom is 0.410 e. The quantitative estimate of drug-likeness (QED) is 0.449. The molecule has 0 bridgehead atoms. The molecule has 2 aliphatic rings. The van der Waals surface area contributed by atoms with Crippen molar-refractivity contribution in [1.82, 2.24) is 10.2 Å². The van der Waals surface area contributed by atoms with E-state index >= 15 is 0 Å². The van der Waals surface area contributed by atoms with Crippen LogP contribution in [0.5, 0.6) is 0 Å². The van der Waals surface area contributed by atoms with Crippen LogP contribution in [0.15, 0.2) is 5.16 Å². The number of carbonyl (C=O) groups is 4. The minimum Gasteiger partial charge on any atom is -0.478 e. The maximum absolute atomic E-state index is 12.4. The number of piperidine rings is 1. The average Bonchev–Trinajstić information content (AvgIpc) is 3.14. The van der Waals surface area contributed by atoms with Gasteiger partial charge in [0, 0.05) is 26.1 Å². The Morgan fingerprint density at radius 3 is 2.25 bits per heavy atom. The van der Waals surface area contributed by atoms with Gasteiger partial charge in [-0.25, -0.2) is 9.59 Å². The molecule has 1 fully saturated rings. The fraction of sp³-hybridized carbons (Fsp3) is 0.800. The number of nitrogens with zero attached hydrogens (tertiary/aromatic N) is 2. The SMILES string of the molecule is CC(C)(C)OC(=O)CCNC(=O)CC1(C(=O)O)CC(CCC2CCN(C(=O)OC(C)(C)C)CC2)=NO1. The molecule has 2 aliphatic heterocycles. The summed E-state index contributed by atoms with van der Waals surface area (Å²) in [6.45, 7) is 12.0. The lowest BCUT2D eigenvalue weighted by molar-refractivity contribution is -0.166. The first-order valence-corrected chi connectivity index (χ1v) is 12.5. The first-order valence-electron chi connectivity index (χ1n) is 12.5. The predicted octanol–water partition coefficient (Wildman–Crippen LogP) is 3.25. The summed E-state index contributed by atoms with van der Waals surface area (Å²) in [6.07, 6.45) is 2.32. The molecule has 0 aromatic rings. The van der Waals surface area contributed by atoms with Crippen molar-refractivity contribution in [3.63, 3.8) is 0 Å². The van der Waals surface area contributed by atoms with Crippen LogP contribution in [-0.2, 0) is 28.7 Å². The molecule has 1 atom stereocenters. The van der Waals surface area contributed by atoms with Crippen molar-refractivity contribution < 1.29 is 38.6 Å². The number of carboxylic acid groups (broad SMARTS) is 1. The van der Waals surface area contributed by atoms with Crippen LogP contribution in [-0.4, -0.2) is 76.1 Å². The molecule has 36 heavy (non-hydrogen) atoms. The first kappa shape index (κ1) is 29.4. The van der Waals surface area contributed by atoms with Crippen molar-refractivity contribution in [1.29, 1.82) is 0 Å². The fourth-order valence-corrected chi connectivity index (χ4v) is 4.08. The Bertz CT molecular complexity index is 850. The number of hydrogen-bond donors (Lipinski definition) is 2. The molecular weight excluding hydrogens is 470 g/mol. The highest BCUT2D eigenvalue weighted by Crippen LogP contribution is 2.31. The van der Waals surface area contributed by atoms with Crippen molar-refractivity contribution in [3.05, 3.63) is 0 Å². The molecular formula is C25H41N3O8. The Morgan fingerprint density at radius 2 is 1.69 bits per heavy atom. The van der Waals surface area contributed by atoms with Crippen molar-refractivity contribution in [2.75, 3.05) is 19.6 Å². The number of rotatable bonds is 9. The van der Waals surface area contributed by atoms with Crippen LogP contribution < -0.4 is 5.32 Å². The monoisotopic (exact) mass is 511 g/mol. The van der Waals surface area contributed by atoms with Gasteiger partial charge in [0.2, 0.25) is 11.5 Å². The molecule has 1 saturated heterocycles. The van der Waals surface area contributed by atoms with E-state index in [1.54, 1.807) is 25.7 Å². The number of likely N-dealkylation sites (tertiary alicyclic amines) is 1. The summed E-state index contributed by atoms with van der Waals surface area (Å²) in [6, 6.07) is 0. The zero-order valence-corrected chi connectivity index (χ0v) is 22.3. The number of aliphatic carboxylic acids is 1. The Hall–Kier alpha value is -2.85. The van der Waals surface area contributed by atoms with Crippen molar-refractivity contribution in [3.8, 4) is 0 Å². The predicted molar refractivity (Wildman–Crippen MR) is 131 cm³/mol. The van der Waals surface area contributed by atoms with E-state index in [2.05, 4.69) is 10.5 Å². The Balaban J connectivity index is 1.75. The molecule has 0 aromatic heterocycles. The third kappa shape index (κ3) is 9.66. The number of ether oxygens (including phenoxy) is 2. The Morgan fingerprint density at radius 1 is 1.08 bits per heavy atom. The molecule has 0 radical (unpaired) electrons. The van der Waals surface area contributed by atoms with E-state index in [1.165, 1.54) is 0 Å². The van der Waals surface area contributed by atoms with E-state index in [1.807, 2.05) is 20.8 Å².